The highest BCUT2D eigenvalue weighted by Crippen LogP contribution is 2.21. The van der Waals surface area contributed by atoms with E-state index in [0.717, 1.165) is 12.1 Å². The zero-order valence-electron chi connectivity index (χ0n) is 13.6. The molecule has 7 nitrogen and oxygen atoms in total. The van der Waals surface area contributed by atoms with Gasteiger partial charge in [-0.05, 0) is 38.7 Å². The number of rotatable bonds is 4. The molecule has 0 radical (unpaired) electrons. The fourth-order valence-corrected chi connectivity index (χ4v) is 4.11. The largest absolute Gasteiger partial charge is 0.305 e. The lowest BCUT2D eigenvalue weighted by Crippen LogP contribution is -2.38. The van der Waals surface area contributed by atoms with Gasteiger partial charge in [0.1, 0.15) is 11.6 Å². The van der Waals surface area contributed by atoms with Crippen molar-refractivity contribution in [3.8, 4) is 0 Å². The summed E-state index contributed by atoms with van der Waals surface area (Å²) in [5, 5.41) is 4.26. The number of aryl methyl sites for hydroxylation is 1. The SMILES string of the molecule is Cc1nc2n(n1)CCN(S(=O)(=O)c1ccc(CN(C)C)cc1)C2. The summed E-state index contributed by atoms with van der Waals surface area (Å²) in [7, 11) is 0.463. The third-order valence-corrected chi connectivity index (χ3v) is 5.65. The van der Waals surface area contributed by atoms with Crippen molar-refractivity contribution in [1.29, 1.82) is 0 Å². The summed E-state index contributed by atoms with van der Waals surface area (Å²) >= 11 is 0. The lowest BCUT2D eigenvalue weighted by molar-refractivity contribution is 0.321. The molecule has 1 aliphatic rings. The third kappa shape index (κ3) is 3.29. The summed E-state index contributed by atoms with van der Waals surface area (Å²) < 4.78 is 28.8. The molecule has 0 fully saturated rings. The lowest BCUT2D eigenvalue weighted by atomic mass is 10.2. The standard InChI is InChI=1S/C15H21N5O2S/c1-12-16-15-11-19(8-9-20(15)17-12)23(21,22)14-6-4-13(5-7-14)10-18(2)3/h4-7H,8-11H2,1-3H3. The van der Waals surface area contributed by atoms with Crippen molar-refractivity contribution >= 4 is 10.0 Å². The quantitative estimate of drug-likeness (QED) is 0.828. The van der Waals surface area contributed by atoms with Crippen LogP contribution in [0.4, 0.5) is 0 Å². The number of hydrogen-bond donors (Lipinski definition) is 0. The summed E-state index contributed by atoms with van der Waals surface area (Å²) in [6.07, 6.45) is 0. The first-order valence-corrected chi connectivity index (χ1v) is 8.94. The summed E-state index contributed by atoms with van der Waals surface area (Å²) in [6, 6.07) is 7.09. The Morgan fingerprint density at radius 3 is 2.52 bits per heavy atom. The van der Waals surface area contributed by atoms with Gasteiger partial charge in [0.15, 0.2) is 0 Å². The number of aromatic nitrogens is 3. The van der Waals surface area contributed by atoms with Crippen molar-refractivity contribution in [3.05, 3.63) is 41.5 Å². The van der Waals surface area contributed by atoms with Crippen LogP contribution >= 0.6 is 0 Å². The van der Waals surface area contributed by atoms with Crippen LogP contribution in [0.5, 0.6) is 0 Å². The maximum absolute atomic E-state index is 12.8. The second kappa shape index (κ2) is 6.03. The van der Waals surface area contributed by atoms with Crippen molar-refractivity contribution in [2.45, 2.75) is 31.5 Å². The smallest absolute Gasteiger partial charge is 0.243 e. The topological polar surface area (TPSA) is 71.3 Å². The number of benzene rings is 1. The molecule has 0 unspecified atom stereocenters. The Hall–Kier alpha value is -1.77. The molecule has 0 atom stereocenters. The molecule has 0 N–H and O–H groups in total. The summed E-state index contributed by atoms with van der Waals surface area (Å²) in [5.74, 6) is 1.37. The molecule has 1 aliphatic heterocycles. The second-order valence-electron chi connectivity index (χ2n) is 6.02. The van der Waals surface area contributed by atoms with Crippen LogP contribution in [0.2, 0.25) is 0 Å². The van der Waals surface area contributed by atoms with Crippen molar-refractivity contribution in [1.82, 2.24) is 24.0 Å². The molecule has 1 aromatic heterocycles. The monoisotopic (exact) mass is 335 g/mol. The minimum Gasteiger partial charge on any atom is -0.305 e. The fourth-order valence-electron chi connectivity index (χ4n) is 2.72. The van der Waals surface area contributed by atoms with Gasteiger partial charge < -0.3 is 4.90 Å². The van der Waals surface area contributed by atoms with E-state index < -0.39 is 10.0 Å². The van der Waals surface area contributed by atoms with E-state index in [4.69, 9.17) is 0 Å². The maximum Gasteiger partial charge on any atom is 0.243 e. The van der Waals surface area contributed by atoms with Gasteiger partial charge in [0.05, 0.1) is 18.0 Å². The second-order valence-corrected chi connectivity index (χ2v) is 7.96. The highest BCUT2D eigenvalue weighted by Gasteiger charge is 2.29. The van der Waals surface area contributed by atoms with E-state index in [1.165, 1.54) is 4.31 Å². The average molecular weight is 335 g/mol. The molecule has 8 heteroatoms. The van der Waals surface area contributed by atoms with E-state index >= 15 is 0 Å². The Morgan fingerprint density at radius 2 is 1.87 bits per heavy atom. The van der Waals surface area contributed by atoms with Gasteiger partial charge in [-0.15, -0.1) is 0 Å². The molecule has 0 aliphatic carbocycles. The summed E-state index contributed by atoms with van der Waals surface area (Å²) in [6.45, 7) is 3.81. The van der Waals surface area contributed by atoms with Crippen LogP contribution in [0, 0.1) is 6.92 Å². The highest BCUT2D eigenvalue weighted by molar-refractivity contribution is 7.89. The number of fused-ring (bicyclic) bond motifs is 1. The first-order valence-electron chi connectivity index (χ1n) is 7.50. The number of hydrogen-bond acceptors (Lipinski definition) is 5. The number of sulfonamides is 1. The minimum absolute atomic E-state index is 0.266. The van der Waals surface area contributed by atoms with Gasteiger partial charge in [-0.2, -0.15) is 9.40 Å². The lowest BCUT2D eigenvalue weighted by Gasteiger charge is -2.26. The van der Waals surface area contributed by atoms with E-state index in [-0.39, 0.29) is 6.54 Å². The molecular weight excluding hydrogens is 314 g/mol. The highest BCUT2D eigenvalue weighted by atomic mass is 32.2. The Bertz CT molecular complexity index is 796. The van der Waals surface area contributed by atoms with E-state index in [1.54, 1.807) is 16.8 Å². The van der Waals surface area contributed by atoms with Crippen molar-refractivity contribution in [3.63, 3.8) is 0 Å². The Morgan fingerprint density at radius 1 is 1.17 bits per heavy atom. The van der Waals surface area contributed by atoms with Gasteiger partial charge in [-0.3, -0.25) is 0 Å². The Labute approximate surface area is 136 Å². The third-order valence-electron chi connectivity index (χ3n) is 3.79. The fraction of sp³-hybridized carbons (Fsp3) is 0.467. The van der Waals surface area contributed by atoms with Crippen LogP contribution in [0.15, 0.2) is 29.2 Å². The first-order chi connectivity index (χ1) is 10.9. The predicted molar refractivity (Wildman–Crippen MR) is 86.2 cm³/mol. The van der Waals surface area contributed by atoms with Gasteiger partial charge in [0, 0.05) is 13.1 Å². The van der Waals surface area contributed by atoms with E-state index in [0.29, 0.717) is 29.6 Å². The van der Waals surface area contributed by atoms with Crippen LogP contribution in [0.25, 0.3) is 0 Å². The van der Waals surface area contributed by atoms with Gasteiger partial charge in [-0.1, -0.05) is 12.1 Å². The first kappa shape index (κ1) is 16.1. The molecule has 3 rings (SSSR count). The van der Waals surface area contributed by atoms with Crippen LogP contribution in [0.1, 0.15) is 17.2 Å². The molecule has 0 bridgehead atoms. The molecule has 0 amide bonds. The van der Waals surface area contributed by atoms with Crippen LogP contribution in [-0.4, -0.2) is 53.0 Å². The van der Waals surface area contributed by atoms with Gasteiger partial charge in [-0.25, -0.2) is 18.1 Å². The van der Waals surface area contributed by atoms with E-state index in [1.807, 2.05) is 38.1 Å². The molecule has 0 saturated carbocycles. The molecule has 1 aromatic carbocycles. The van der Waals surface area contributed by atoms with E-state index in [2.05, 4.69) is 10.1 Å². The Balaban J connectivity index is 1.82. The molecule has 124 valence electrons. The van der Waals surface area contributed by atoms with Crippen molar-refractivity contribution in [2.75, 3.05) is 20.6 Å². The zero-order chi connectivity index (χ0) is 16.6. The van der Waals surface area contributed by atoms with Gasteiger partial charge in [0.25, 0.3) is 0 Å². The molecular formula is C15H21N5O2S. The molecule has 2 aromatic rings. The molecule has 2 heterocycles. The van der Waals surface area contributed by atoms with Gasteiger partial charge in [0.2, 0.25) is 10.0 Å². The maximum atomic E-state index is 12.8. The molecule has 0 spiro atoms. The predicted octanol–water partition coefficient (Wildman–Crippen LogP) is 0.853. The number of nitrogens with zero attached hydrogens (tertiary/aromatic N) is 5. The normalized spacial score (nSPS) is 15.8. The summed E-state index contributed by atoms with van der Waals surface area (Å²) in [4.78, 5) is 6.66. The van der Waals surface area contributed by atoms with Crippen LogP contribution < -0.4 is 0 Å². The van der Waals surface area contributed by atoms with Crippen LogP contribution in [-0.2, 0) is 29.7 Å². The van der Waals surface area contributed by atoms with Crippen molar-refractivity contribution in [2.24, 2.45) is 0 Å². The van der Waals surface area contributed by atoms with E-state index in [9.17, 15) is 8.42 Å². The van der Waals surface area contributed by atoms with Crippen LogP contribution in [0.3, 0.4) is 0 Å². The van der Waals surface area contributed by atoms with Crippen molar-refractivity contribution < 1.29 is 8.42 Å². The zero-order valence-corrected chi connectivity index (χ0v) is 14.4. The average Bonchev–Trinajstić information content (AvgIpc) is 2.86. The molecule has 23 heavy (non-hydrogen) atoms. The Kier molecular flexibility index (Phi) is 4.22. The summed E-state index contributed by atoms with van der Waals surface area (Å²) in [5.41, 5.74) is 1.09. The minimum atomic E-state index is -3.50. The molecule has 0 saturated heterocycles. The van der Waals surface area contributed by atoms with Gasteiger partial charge >= 0.3 is 0 Å².